The van der Waals surface area contributed by atoms with E-state index in [1.807, 2.05) is 12.1 Å². The molecule has 4 rings (SSSR count). The minimum absolute atomic E-state index is 0.205. The molecule has 1 aromatic carbocycles. The van der Waals surface area contributed by atoms with Gasteiger partial charge in [0.2, 0.25) is 10.0 Å². The first-order chi connectivity index (χ1) is 14.3. The molecule has 1 aliphatic rings. The van der Waals surface area contributed by atoms with Crippen LogP contribution in [-0.4, -0.2) is 25.1 Å². The highest BCUT2D eigenvalue weighted by molar-refractivity contribution is 7.89. The number of thiophene rings is 1. The van der Waals surface area contributed by atoms with Crippen LogP contribution in [0.4, 0.5) is 0 Å². The van der Waals surface area contributed by atoms with Crippen molar-refractivity contribution in [3.63, 3.8) is 0 Å². The van der Waals surface area contributed by atoms with Gasteiger partial charge < -0.3 is 9.52 Å². The van der Waals surface area contributed by atoms with E-state index in [0.29, 0.717) is 18.1 Å². The predicted molar refractivity (Wildman–Crippen MR) is 117 cm³/mol. The predicted octanol–water partition coefficient (Wildman–Crippen LogP) is 4.56. The summed E-state index contributed by atoms with van der Waals surface area (Å²) in [6.45, 7) is 3.88. The lowest BCUT2D eigenvalue weighted by atomic mass is 9.85. The summed E-state index contributed by atoms with van der Waals surface area (Å²) >= 11 is 1.58. The van der Waals surface area contributed by atoms with Crippen LogP contribution < -0.4 is 4.72 Å². The highest BCUT2D eigenvalue weighted by atomic mass is 32.2. The number of aromatic nitrogens is 1. The molecule has 1 fully saturated rings. The van der Waals surface area contributed by atoms with Crippen molar-refractivity contribution in [2.75, 3.05) is 6.54 Å². The van der Waals surface area contributed by atoms with E-state index in [-0.39, 0.29) is 10.3 Å². The molecule has 1 saturated carbocycles. The number of aliphatic hydroxyl groups excluding tert-OH is 1. The number of sulfonamides is 1. The zero-order valence-corrected chi connectivity index (χ0v) is 18.7. The Morgan fingerprint density at radius 2 is 1.90 bits per heavy atom. The van der Waals surface area contributed by atoms with Gasteiger partial charge in [-0.1, -0.05) is 25.0 Å². The average Bonchev–Trinajstić information content (AvgIpc) is 3.47. The topological polar surface area (TPSA) is 92.4 Å². The molecule has 0 saturated heterocycles. The Kier molecular flexibility index (Phi) is 5.85. The van der Waals surface area contributed by atoms with Gasteiger partial charge in [-0.05, 0) is 44.0 Å². The number of hydrogen-bond donors (Lipinski definition) is 2. The van der Waals surface area contributed by atoms with Gasteiger partial charge >= 0.3 is 0 Å². The Bertz CT molecular complexity index is 1110. The van der Waals surface area contributed by atoms with Crippen molar-refractivity contribution in [1.29, 1.82) is 0 Å². The Morgan fingerprint density at radius 3 is 2.47 bits per heavy atom. The second-order valence-electron chi connectivity index (χ2n) is 7.97. The van der Waals surface area contributed by atoms with E-state index in [0.717, 1.165) is 41.0 Å². The van der Waals surface area contributed by atoms with Crippen molar-refractivity contribution < 1.29 is 17.9 Å². The van der Waals surface area contributed by atoms with Crippen molar-refractivity contribution in [2.24, 2.45) is 0 Å². The largest absolute Gasteiger partial charge is 0.449 e. The molecule has 1 unspecified atom stereocenters. The van der Waals surface area contributed by atoms with Gasteiger partial charge in [0.05, 0.1) is 11.0 Å². The lowest BCUT2D eigenvalue weighted by Gasteiger charge is -2.28. The van der Waals surface area contributed by atoms with Crippen LogP contribution in [0.1, 0.15) is 54.4 Å². The number of nitrogens with zero attached hydrogens (tertiary/aromatic N) is 1. The fraction of sp³-hybridized carbons (Fsp3) is 0.409. The SMILES string of the molecule is Cc1nc(-c2ccc(S(=O)(=O)NCC3(c4ccc(C(C)O)s4)CCCC3)cc2)co1. The van der Waals surface area contributed by atoms with Crippen LogP contribution in [0.3, 0.4) is 0 Å². The molecule has 0 bridgehead atoms. The summed E-state index contributed by atoms with van der Waals surface area (Å²) in [4.78, 5) is 6.57. The van der Waals surface area contributed by atoms with Crippen LogP contribution >= 0.6 is 11.3 Å². The summed E-state index contributed by atoms with van der Waals surface area (Å²) < 4.78 is 34.0. The smallest absolute Gasteiger partial charge is 0.240 e. The first-order valence-electron chi connectivity index (χ1n) is 10.1. The molecule has 2 heterocycles. The average molecular weight is 447 g/mol. The minimum Gasteiger partial charge on any atom is -0.449 e. The van der Waals surface area contributed by atoms with Gasteiger partial charge in [-0.15, -0.1) is 11.3 Å². The van der Waals surface area contributed by atoms with E-state index in [1.165, 1.54) is 0 Å². The molecule has 2 aromatic heterocycles. The molecule has 0 amide bonds. The molecule has 2 N–H and O–H groups in total. The number of oxazole rings is 1. The molecular weight excluding hydrogens is 420 g/mol. The zero-order chi connectivity index (χ0) is 21.4. The summed E-state index contributed by atoms with van der Waals surface area (Å²) in [7, 11) is -3.64. The summed E-state index contributed by atoms with van der Waals surface area (Å²) in [5, 5.41) is 9.87. The van der Waals surface area contributed by atoms with E-state index >= 15 is 0 Å². The van der Waals surface area contributed by atoms with Crippen molar-refractivity contribution in [3.8, 4) is 11.3 Å². The van der Waals surface area contributed by atoms with Crippen LogP contribution in [-0.2, 0) is 15.4 Å². The lowest BCUT2D eigenvalue weighted by molar-refractivity contribution is 0.203. The molecule has 1 atom stereocenters. The van der Waals surface area contributed by atoms with Crippen LogP contribution in [0.5, 0.6) is 0 Å². The third-order valence-electron chi connectivity index (χ3n) is 5.80. The first kappa shape index (κ1) is 21.2. The molecule has 160 valence electrons. The molecule has 0 spiro atoms. The number of benzene rings is 1. The van der Waals surface area contributed by atoms with Crippen LogP contribution in [0, 0.1) is 6.92 Å². The zero-order valence-electron chi connectivity index (χ0n) is 17.1. The van der Waals surface area contributed by atoms with Gasteiger partial charge in [0, 0.05) is 34.2 Å². The first-order valence-corrected chi connectivity index (χ1v) is 12.4. The van der Waals surface area contributed by atoms with Crippen LogP contribution in [0.2, 0.25) is 0 Å². The number of rotatable bonds is 7. The Morgan fingerprint density at radius 1 is 1.20 bits per heavy atom. The summed E-state index contributed by atoms with van der Waals surface area (Å²) in [6, 6.07) is 10.7. The van der Waals surface area contributed by atoms with E-state index in [9.17, 15) is 13.5 Å². The highest BCUT2D eigenvalue weighted by Crippen LogP contribution is 2.44. The quantitative estimate of drug-likeness (QED) is 0.555. The molecule has 3 aromatic rings. The maximum absolute atomic E-state index is 12.9. The Labute approximate surface area is 181 Å². The molecule has 30 heavy (non-hydrogen) atoms. The Hall–Kier alpha value is -2.00. The van der Waals surface area contributed by atoms with Gasteiger partial charge in [-0.2, -0.15) is 0 Å². The third-order valence-corrected chi connectivity index (χ3v) is 8.72. The number of aliphatic hydroxyl groups is 1. The second-order valence-corrected chi connectivity index (χ2v) is 10.8. The highest BCUT2D eigenvalue weighted by Gasteiger charge is 2.38. The van der Waals surface area contributed by atoms with Crippen molar-refractivity contribution in [1.82, 2.24) is 9.71 Å². The van der Waals surface area contributed by atoms with Gasteiger partial charge in [0.1, 0.15) is 12.0 Å². The molecule has 0 radical (unpaired) electrons. The second kappa shape index (κ2) is 8.26. The number of nitrogens with one attached hydrogen (secondary N) is 1. The fourth-order valence-corrected chi connectivity index (χ4v) is 6.36. The summed E-state index contributed by atoms with van der Waals surface area (Å²) in [5.41, 5.74) is 1.28. The summed E-state index contributed by atoms with van der Waals surface area (Å²) in [6.07, 6.45) is 5.10. The van der Waals surface area contributed by atoms with E-state index in [4.69, 9.17) is 4.42 Å². The third kappa shape index (κ3) is 4.23. The molecule has 1 aliphatic carbocycles. The number of aryl methyl sites for hydroxylation is 1. The fourth-order valence-electron chi connectivity index (χ4n) is 4.04. The number of hydrogen-bond acceptors (Lipinski definition) is 6. The molecular formula is C22H26N2O4S2. The van der Waals surface area contributed by atoms with E-state index in [1.54, 1.807) is 55.7 Å². The van der Waals surface area contributed by atoms with E-state index in [2.05, 4.69) is 9.71 Å². The molecule has 8 heteroatoms. The minimum atomic E-state index is -3.64. The molecule has 6 nitrogen and oxygen atoms in total. The Balaban J connectivity index is 1.52. The van der Waals surface area contributed by atoms with E-state index < -0.39 is 16.1 Å². The normalized spacial score (nSPS) is 17.3. The standard InChI is InChI=1S/C22H26N2O4S2/c1-15(25)20-9-10-21(29-20)22(11-3-4-12-22)14-23-30(26,27)18-7-5-17(6-8-18)19-13-28-16(2)24-19/h5-10,13,15,23,25H,3-4,11-12,14H2,1-2H3. The van der Waals surface area contributed by atoms with Crippen molar-refractivity contribution >= 4 is 21.4 Å². The van der Waals surface area contributed by atoms with Gasteiger partial charge in [-0.3, -0.25) is 0 Å². The van der Waals surface area contributed by atoms with Crippen LogP contribution in [0.25, 0.3) is 11.3 Å². The summed E-state index contributed by atoms with van der Waals surface area (Å²) in [5.74, 6) is 0.567. The molecule has 0 aliphatic heterocycles. The van der Waals surface area contributed by atoms with Gasteiger partial charge in [0.15, 0.2) is 5.89 Å². The maximum Gasteiger partial charge on any atom is 0.240 e. The monoisotopic (exact) mass is 446 g/mol. The lowest BCUT2D eigenvalue weighted by Crippen LogP contribution is -2.38. The van der Waals surface area contributed by atoms with Gasteiger partial charge in [0.25, 0.3) is 0 Å². The van der Waals surface area contributed by atoms with Gasteiger partial charge in [-0.25, -0.2) is 18.1 Å². The van der Waals surface area contributed by atoms with Crippen LogP contribution in [0.15, 0.2) is 52.0 Å². The van der Waals surface area contributed by atoms with Crippen molar-refractivity contribution in [3.05, 3.63) is 58.3 Å². The maximum atomic E-state index is 12.9. The van der Waals surface area contributed by atoms with Crippen molar-refractivity contribution in [2.45, 2.75) is 55.9 Å².